The normalized spacial score (nSPS) is 11.7. The molecule has 2 nitrogen and oxygen atoms in total. The Hall–Kier alpha value is 0.640. The second-order valence-electron chi connectivity index (χ2n) is 5.57. The van der Waals surface area contributed by atoms with E-state index in [2.05, 4.69) is 20.8 Å². The molecule has 0 aliphatic heterocycles. The maximum absolute atomic E-state index is 9.17. The van der Waals surface area contributed by atoms with Gasteiger partial charge in [0.25, 0.3) is 0 Å². The van der Waals surface area contributed by atoms with Crippen LogP contribution in [0, 0.1) is 0 Å². The molecule has 4 heteroatoms. The standard InChI is InChI=1S/C15H34O2P.ClH/c1-4-7-11-18(12-8-5-2,13-9-6-3)14-10-15(16)17;/h15-17H,4-14H2,1-3H3;1H/q+1;/p-1. The lowest BCUT2D eigenvalue weighted by molar-refractivity contribution is -0.0407. The van der Waals surface area contributed by atoms with Crippen LogP contribution in [0.5, 0.6) is 0 Å². The Morgan fingerprint density at radius 1 is 0.737 bits per heavy atom. The molecular formula is C15H34ClO2P. The monoisotopic (exact) mass is 312 g/mol. The molecule has 0 aliphatic carbocycles. The lowest BCUT2D eigenvalue weighted by atomic mass is 10.4. The van der Waals surface area contributed by atoms with Crippen LogP contribution in [0.15, 0.2) is 0 Å². The summed E-state index contributed by atoms with van der Waals surface area (Å²) in [6.45, 7) is 6.78. The van der Waals surface area contributed by atoms with Crippen molar-refractivity contribution >= 4 is 7.26 Å². The first-order valence-electron chi connectivity index (χ1n) is 7.81. The Labute approximate surface area is 127 Å². The summed E-state index contributed by atoms with van der Waals surface area (Å²) in [5.41, 5.74) is 0. The molecule has 0 bridgehead atoms. The number of aliphatic hydroxyl groups is 2. The second kappa shape index (κ2) is 13.6. The summed E-state index contributed by atoms with van der Waals surface area (Å²) in [6.07, 6.45) is 12.5. The van der Waals surface area contributed by atoms with E-state index in [1.165, 1.54) is 57.0 Å². The fourth-order valence-electron chi connectivity index (χ4n) is 2.54. The molecule has 0 aromatic rings. The van der Waals surface area contributed by atoms with Crippen LogP contribution in [0.2, 0.25) is 0 Å². The topological polar surface area (TPSA) is 40.5 Å². The van der Waals surface area contributed by atoms with Crippen molar-refractivity contribution in [2.45, 2.75) is 72.0 Å². The highest BCUT2D eigenvalue weighted by molar-refractivity contribution is 7.75. The molecule has 0 amide bonds. The van der Waals surface area contributed by atoms with Crippen molar-refractivity contribution in [3.8, 4) is 0 Å². The highest BCUT2D eigenvalue weighted by atomic mass is 35.5. The van der Waals surface area contributed by atoms with Crippen molar-refractivity contribution in [2.75, 3.05) is 24.6 Å². The number of unbranched alkanes of at least 4 members (excludes halogenated alkanes) is 3. The van der Waals surface area contributed by atoms with Gasteiger partial charge in [-0.3, -0.25) is 0 Å². The van der Waals surface area contributed by atoms with Crippen molar-refractivity contribution in [3.63, 3.8) is 0 Å². The Morgan fingerprint density at radius 2 is 1.11 bits per heavy atom. The average molecular weight is 313 g/mol. The number of rotatable bonds is 12. The lowest BCUT2D eigenvalue weighted by Gasteiger charge is -2.28. The third-order valence-electron chi connectivity index (χ3n) is 3.82. The molecule has 0 radical (unpaired) electrons. The first-order chi connectivity index (χ1) is 8.60. The van der Waals surface area contributed by atoms with Crippen LogP contribution >= 0.6 is 7.26 Å². The minimum atomic E-state index is -1.10. The van der Waals surface area contributed by atoms with Gasteiger partial charge < -0.3 is 22.6 Å². The molecule has 0 aromatic carbocycles. The van der Waals surface area contributed by atoms with Gasteiger partial charge in [-0.05, 0) is 19.3 Å². The molecule has 0 aliphatic rings. The lowest BCUT2D eigenvalue weighted by Crippen LogP contribution is -3.00. The van der Waals surface area contributed by atoms with Crippen LogP contribution in [-0.4, -0.2) is 41.2 Å². The third-order valence-corrected chi connectivity index (χ3v) is 8.82. The number of hydrogen-bond donors (Lipinski definition) is 2. The van der Waals surface area contributed by atoms with Crippen LogP contribution in [0.1, 0.15) is 65.7 Å². The summed E-state index contributed by atoms with van der Waals surface area (Å²) < 4.78 is 0. The SMILES string of the molecule is CCCC[P+](CCCC)(CCCC)CCC(O)O.[Cl-]. The first kappa shape index (κ1) is 21.9. The smallest absolute Gasteiger partial charge is 0.154 e. The molecule has 0 heterocycles. The molecule has 0 aromatic heterocycles. The predicted octanol–water partition coefficient (Wildman–Crippen LogP) is 1.11. The Bertz CT molecular complexity index is 167. The van der Waals surface area contributed by atoms with Gasteiger partial charge in [-0.2, -0.15) is 0 Å². The maximum Gasteiger partial charge on any atom is 0.154 e. The van der Waals surface area contributed by atoms with E-state index >= 15 is 0 Å². The van der Waals surface area contributed by atoms with Gasteiger partial charge in [0.15, 0.2) is 6.29 Å². The third kappa shape index (κ3) is 11.0. The van der Waals surface area contributed by atoms with E-state index < -0.39 is 13.6 Å². The van der Waals surface area contributed by atoms with E-state index in [-0.39, 0.29) is 12.4 Å². The van der Waals surface area contributed by atoms with E-state index in [9.17, 15) is 0 Å². The van der Waals surface area contributed by atoms with Crippen LogP contribution in [-0.2, 0) is 0 Å². The molecule has 0 spiro atoms. The van der Waals surface area contributed by atoms with E-state index in [1.807, 2.05) is 0 Å². The van der Waals surface area contributed by atoms with Gasteiger partial charge in [-0.25, -0.2) is 0 Å². The Morgan fingerprint density at radius 3 is 1.37 bits per heavy atom. The van der Waals surface area contributed by atoms with Gasteiger partial charge in [0.2, 0.25) is 0 Å². The van der Waals surface area contributed by atoms with E-state index in [4.69, 9.17) is 10.2 Å². The van der Waals surface area contributed by atoms with Gasteiger partial charge in [-0.1, -0.05) is 40.0 Å². The van der Waals surface area contributed by atoms with Crippen molar-refractivity contribution < 1.29 is 22.6 Å². The minimum Gasteiger partial charge on any atom is -1.00 e. The highest BCUT2D eigenvalue weighted by Crippen LogP contribution is 2.61. The van der Waals surface area contributed by atoms with Crippen LogP contribution in [0.3, 0.4) is 0 Å². The molecule has 0 rings (SSSR count). The summed E-state index contributed by atoms with van der Waals surface area (Å²) in [4.78, 5) is 0. The number of halogens is 1. The number of hydrogen-bond acceptors (Lipinski definition) is 2. The summed E-state index contributed by atoms with van der Waals surface area (Å²) in [5, 5.41) is 18.3. The van der Waals surface area contributed by atoms with Crippen molar-refractivity contribution in [3.05, 3.63) is 0 Å². The quantitative estimate of drug-likeness (QED) is 0.419. The molecule has 0 fully saturated rings. The van der Waals surface area contributed by atoms with Gasteiger partial charge >= 0.3 is 0 Å². The fourth-order valence-corrected chi connectivity index (χ4v) is 7.62. The van der Waals surface area contributed by atoms with E-state index in [1.54, 1.807) is 0 Å². The molecule has 2 N–H and O–H groups in total. The molecule has 0 unspecified atom stereocenters. The van der Waals surface area contributed by atoms with Crippen LogP contribution in [0.25, 0.3) is 0 Å². The molecular weight excluding hydrogens is 279 g/mol. The van der Waals surface area contributed by atoms with Gasteiger partial charge in [0, 0.05) is 13.7 Å². The number of aliphatic hydroxyl groups excluding tert-OH is 1. The van der Waals surface area contributed by atoms with Crippen molar-refractivity contribution in [1.29, 1.82) is 0 Å². The summed E-state index contributed by atoms with van der Waals surface area (Å²) in [7, 11) is -0.920. The Kier molecular flexibility index (Phi) is 15.7. The van der Waals surface area contributed by atoms with Gasteiger partial charge in [0.05, 0.1) is 24.6 Å². The van der Waals surface area contributed by atoms with Crippen LogP contribution in [0.4, 0.5) is 0 Å². The molecule has 118 valence electrons. The summed E-state index contributed by atoms with van der Waals surface area (Å²) >= 11 is 0. The molecule has 0 saturated carbocycles. The Balaban J connectivity index is 0. The first-order valence-corrected chi connectivity index (χ1v) is 10.3. The molecule has 0 atom stereocenters. The molecule has 0 saturated heterocycles. The zero-order chi connectivity index (χ0) is 13.9. The van der Waals surface area contributed by atoms with Gasteiger partial charge in [0.1, 0.15) is 0 Å². The highest BCUT2D eigenvalue weighted by Gasteiger charge is 2.35. The largest absolute Gasteiger partial charge is 1.00 e. The van der Waals surface area contributed by atoms with E-state index in [0.29, 0.717) is 6.42 Å². The van der Waals surface area contributed by atoms with E-state index in [0.717, 1.165) is 6.16 Å². The zero-order valence-corrected chi connectivity index (χ0v) is 14.7. The van der Waals surface area contributed by atoms with Crippen molar-refractivity contribution in [1.82, 2.24) is 0 Å². The average Bonchev–Trinajstić information content (AvgIpc) is 2.37. The minimum absolute atomic E-state index is 0. The predicted molar refractivity (Wildman–Crippen MR) is 84.0 cm³/mol. The fraction of sp³-hybridized carbons (Fsp3) is 1.00. The summed E-state index contributed by atoms with van der Waals surface area (Å²) in [5.74, 6) is 0. The second-order valence-corrected chi connectivity index (χ2v) is 10.0. The zero-order valence-electron chi connectivity index (χ0n) is 13.1. The summed E-state index contributed by atoms with van der Waals surface area (Å²) in [6, 6.07) is 0. The molecule has 19 heavy (non-hydrogen) atoms. The maximum atomic E-state index is 9.17. The van der Waals surface area contributed by atoms with Crippen LogP contribution < -0.4 is 12.4 Å². The van der Waals surface area contributed by atoms with Gasteiger partial charge in [-0.15, -0.1) is 0 Å². The van der Waals surface area contributed by atoms with Crippen molar-refractivity contribution in [2.24, 2.45) is 0 Å².